The zero-order chi connectivity index (χ0) is 13.3. The molecule has 0 saturated heterocycles. The molecule has 0 radical (unpaired) electrons. The summed E-state index contributed by atoms with van der Waals surface area (Å²) in [5, 5.41) is 10.2. The zero-order valence-corrected chi connectivity index (χ0v) is 10.7. The number of hydrogen-bond acceptors (Lipinski definition) is 3. The fourth-order valence-corrected chi connectivity index (χ4v) is 2.96. The average molecular weight is 263 g/mol. The summed E-state index contributed by atoms with van der Waals surface area (Å²) < 4.78 is 1.07. The van der Waals surface area contributed by atoms with Crippen LogP contribution in [0, 0.1) is 5.41 Å². The van der Waals surface area contributed by atoms with Crippen LogP contribution < -0.4 is 5.73 Å². The fourth-order valence-electron chi connectivity index (χ4n) is 1.74. The van der Waals surface area contributed by atoms with Gasteiger partial charge in [-0.05, 0) is 24.4 Å². The van der Waals surface area contributed by atoms with Gasteiger partial charge in [0.1, 0.15) is 5.41 Å². The topological polar surface area (TPSA) is 80.4 Å². The van der Waals surface area contributed by atoms with E-state index in [4.69, 9.17) is 10.8 Å². The van der Waals surface area contributed by atoms with E-state index in [2.05, 4.69) is 0 Å². The normalized spacial score (nSPS) is 14.3. The molecule has 0 spiro atoms. The van der Waals surface area contributed by atoms with E-state index in [1.165, 1.54) is 18.3 Å². The Kier molecular flexibility index (Phi) is 3.09. The van der Waals surface area contributed by atoms with Gasteiger partial charge in [-0.1, -0.05) is 18.2 Å². The van der Waals surface area contributed by atoms with Crippen LogP contribution in [0.2, 0.25) is 0 Å². The Morgan fingerprint density at radius 1 is 1.39 bits per heavy atom. The van der Waals surface area contributed by atoms with Crippen molar-refractivity contribution in [2.45, 2.75) is 13.3 Å². The Morgan fingerprint density at radius 2 is 2.06 bits per heavy atom. The van der Waals surface area contributed by atoms with Gasteiger partial charge < -0.3 is 10.8 Å². The average Bonchev–Trinajstić information content (AvgIpc) is 2.70. The first-order valence-electron chi connectivity index (χ1n) is 5.44. The summed E-state index contributed by atoms with van der Waals surface area (Å²) >= 11 is 1.49. The number of carboxylic acids is 1. The molecule has 94 valence electrons. The molecule has 0 aliphatic heterocycles. The van der Waals surface area contributed by atoms with Crippen molar-refractivity contribution in [2.24, 2.45) is 11.1 Å². The summed E-state index contributed by atoms with van der Waals surface area (Å²) in [5.41, 5.74) is 3.64. The number of amides is 1. The van der Waals surface area contributed by atoms with Gasteiger partial charge in [0, 0.05) is 16.0 Å². The van der Waals surface area contributed by atoms with Gasteiger partial charge in [0.15, 0.2) is 0 Å². The summed E-state index contributed by atoms with van der Waals surface area (Å²) in [6.45, 7) is 1.36. The number of primary amides is 1. The van der Waals surface area contributed by atoms with E-state index >= 15 is 0 Å². The molecule has 1 aromatic heterocycles. The van der Waals surface area contributed by atoms with Gasteiger partial charge in [-0.25, -0.2) is 0 Å². The van der Waals surface area contributed by atoms with E-state index in [0.717, 1.165) is 15.0 Å². The number of aliphatic carboxylic acids is 1. The lowest BCUT2D eigenvalue weighted by atomic mass is 9.85. The minimum Gasteiger partial charge on any atom is -0.480 e. The predicted molar refractivity (Wildman–Crippen MR) is 70.5 cm³/mol. The lowest BCUT2D eigenvalue weighted by molar-refractivity contribution is -0.153. The van der Waals surface area contributed by atoms with E-state index in [9.17, 15) is 9.59 Å². The first-order chi connectivity index (χ1) is 8.43. The molecule has 1 atom stereocenters. The van der Waals surface area contributed by atoms with Gasteiger partial charge in [0.05, 0.1) is 0 Å². The predicted octanol–water partition coefficient (Wildman–Crippen LogP) is 2.02. The van der Waals surface area contributed by atoms with Crippen molar-refractivity contribution < 1.29 is 14.7 Å². The molecule has 1 heterocycles. The van der Waals surface area contributed by atoms with Gasteiger partial charge in [-0.3, -0.25) is 9.59 Å². The van der Waals surface area contributed by atoms with Crippen molar-refractivity contribution in [2.75, 3.05) is 0 Å². The van der Waals surface area contributed by atoms with Gasteiger partial charge >= 0.3 is 5.97 Å². The van der Waals surface area contributed by atoms with E-state index in [0.29, 0.717) is 0 Å². The second-order valence-corrected chi connectivity index (χ2v) is 5.60. The highest BCUT2D eigenvalue weighted by atomic mass is 32.1. The molecular weight excluding hydrogens is 250 g/mol. The number of benzene rings is 1. The Hall–Kier alpha value is -1.88. The molecule has 3 N–H and O–H groups in total. The maximum absolute atomic E-state index is 11.3. The number of carbonyl (C=O) groups is 2. The van der Waals surface area contributed by atoms with Gasteiger partial charge in [-0.15, -0.1) is 11.3 Å². The van der Waals surface area contributed by atoms with Crippen LogP contribution in [0.15, 0.2) is 30.3 Å². The lowest BCUT2D eigenvalue weighted by Gasteiger charge is -2.19. The van der Waals surface area contributed by atoms with Crippen molar-refractivity contribution in [1.82, 2.24) is 0 Å². The van der Waals surface area contributed by atoms with Crippen molar-refractivity contribution in [3.05, 3.63) is 35.2 Å². The Morgan fingerprint density at radius 3 is 2.61 bits per heavy atom. The van der Waals surface area contributed by atoms with Crippen LogP contribution in [0.3, 0.4) is 0 Å². The Bertz CT molecular complexity index is 570. The maximum Gasteiger partial charge on any atom is 0.319 e. The molecule has 1 unspecified atom stereocenters. The fraction of sp³-hybridized carbons (Fsp3) is 0.231. The highest BCUT2D eigenvalue weighted by Gasteiger charge is 2.40. The van der Waals surface area contributed by atoms with Crippen molar-refractivity contribution in [1.29, 1.82) is 0 Å². The summed E-state index contributed by atoms with van der Waals surface area (Å²) in [4.78, 5) is 23.4. The second-order valence-electron chi connectivity index (χ2n) is 4.43. The van der Waals surface area contributed by atoms with Crippen molar-refractivity contribution in [3.63, 3.8) is 0 Å². The number of hydrogen-bond donors (Lipinski definition) is 2. The van der Waals surface area contributed by atoms with E-state index < -0.39 is 17.3 Å². The molecule has 1 amide bonds. The molecule has 4 nitrogen and oxygen atoms in total. The monoisotopic (exact) mass is 263 g/mol. The number of rotatable bonds is 4. The lowest BCUT2D eigenvalue weighted by Crippen LogP contribution is -2.42. The minimum atomic E-state index is -1.55. The van der Waals surface area contributed by atoms with Crippen LogP contribution in [0.5, 0.6) is 0 Å². The smallest absolute Gasteiger partial charge is 0.319 e. The summed E-state index contributed by atoms with van der Waals surface area (Å²) in [5.74, 6) is -2.00. The van der Waals surface area contributed by atoms with Crippen LogP contribution in [0.4, 0.5) is 0 Å². The third kappa shape index (κ3) is 2.09. The second kappa shape index (κ2) is 4.42. The highest BCUT2D eigenvalue weighted by molar-refractivity contribution is 7.19. The summed E-state index contributed by atoms with van der Waals surface area (Å²) in [6, 6.07) is 9.67. The quantitative estimate of drug-likeness (QED) is 0.828. The maximum atomic E-state index is 11.3. The largest absolute Gasteiger partial charge is 0.480 e. The zero-order valence-electron chi connectivity index (χ0n) is 9.84. The van der Waals surface area contributed by atoms with Crippen LogP contribution in [-0.4, -0.2) is 17.0 Å². The third-order valence-corrected chi connectivity index (χ3v) is 4.14. The highest BCUT2D eigenvalue weighted by Crippen LogP contribution is 2.31. The van der Waals surface area contributed by atoms with Crippen LogP contribution in [-0.2, 0) is 16.0 Å². The van der Waals surface area contributed by atoms with E-state index in [1.807, 2.05) is 30.3 Å². The number of thiophene rings is 1. The van der Waals surface area contributed by atoms with Crippen LogP contribution in [0.25, 0.3) is 10.1 Å². The molecule has 1 aromatic carbocycles. The third-order valence-electron chi connectivity index (χ3n) is 3.02. The molecule has 0 bridgehead atoms. The molecule has 0 saturated carbocycles. The van der Waals surface area contributed by atoms with Gasteiger partial charge in [-0.2, -0.15) is 0 Å². The van der Waals surface area contributed by atoms with E-state index in [1.54, 1.807) is 0 Å². The van der Waals surface area contributed by atoms with Crippen molar-refractivity contribution >= 4 is 33.3 Å². The first kappa shape index (κ1) is 12.6. The Labute approximate surface area is 108 Å². The summed E-state index contributed by atoms with van der Waals surface area (Å²) in [6.07, 6.45) is 0.122. The molecule has 2 rings (SSSR count). The van der Waals surface area contributed by atoms with Crippen LogP contribution in [0.1, 0.15) is 11.8 Å². The molecular formula is C13H13NO3S. The molecule has 0 aliphatic carbocycles. The molecule has 0 fully saturated rings. The SMILES string of the molecule is CC(Cc1cc2ccccc2s1)(C(N)=O)C(=O)O. The molecule has 5 heteroatoms. The van der Waals surface area contributed by atoms with Crippen molar-refractivity contribution in [3.8, 4) is 0 Å². The minimum absolute atomic E-state index is 0.122. The van der Waals surface area contributed by atoms with Crippen LogP contribution >= 0.6 is 11.3 Å². The number of carboxylic acid groups (broad SMARTS) is 1. The van der Waals surface area contributed by atoms with Gasteiger partial charge in [0.25, 0.3) is 0 Å². The number of carbonyl (C=O) groups excluding carboxylic acids is 1. The number of fused-ring (bicyclic) bond motifs is 1. The Balaban J connectivity index is 2.38. The molecule has 0 aliphatic rings. The standard InChI is InChI=1S/C13H13NO3S/c1-13(11(14)15,12(16)17)7-9-6-8-4-2-3-5-10(8)18-9/h2-6H,7H2,1H3,(H2,14,15)(H,16,17). The number of nitrogens with two attached hydrogens (primary N) is 1. The van der Waals surface area contributed by atoms with Gasteiger partial charge in [0.2, 0.25) is 5.91 Å². The molecule has 2 aromatic rings. The molecule has 18 heavy (non-hydrogen) atoms. The summed E-state index contributed by atoms with van der Waals surface area (Å²) in [7, 11) is 0. The first-order valence-corrected chi connectivity index (χ1v) is 6.26. The van der Waals surface area contributed by atoms with E-state index in [-0.39, 0.29) is 6.42 Å².